The van der Waals surface area contributed by atoms with Crippen LogP contribution in [0.4, 0.5) is 16.2 Å². The Morgan fingerprint density at radius 3 is 2.36 bits per heavy atom. The molecule has 1 aliphatic rings. The summed E-state index contributed by atoms with van der Waals surface area (Å²) >= 11 is 3.55. The molecule has 15 nitrogen and oxygen atoms in total. The molecule has 0 aliphatic carbocycles. The number of anilines is 1. The van der Waals surface area contributed by atoms with Crippen LogP contribution in [-0.4, -0.2) is 72.2 Å². The Balaban J connectivity index is 1.48. The second-order valence-corrected chi connectivity index (χ2v) is 13.4. The number of aromatic nitrogens is 1. The number of aryl methyl sites for hydroxylation is 1. The first-order valence-corrected chi connectivity index (χ1v) is 17.3. The van der Waals surface area contributed by atoms with E-state index >= 15 is 0 Å². The van der Waals surface area contributed by atoms with Gasteiger partial charge in [-0.3, -0.25) is 14.9 Å². The van der Waals surface area contributed by atoms with E-state index in [0.29, 0.717) is 44.5 Å². The van der Waals surface area contributed by atoms with E-state index in [1.807, 2.05) is 0 Å². The maximum absolute atomic E-state index is 13.9. The number of nitrogens with one attached hydrogen (secondary N) is 1. The van der Waals surface area contributed by atoms with Gasteiger partial charge in [-0.25, -0.2) is 14.4 Å². The van der Waals surface area contributed by atoms with Crippen LogP contribution in [0.2, 0.25) is 0 Å². The number of hydrogen-bond donors (Lipinski definition) is 1. The van der Waals surface area contributed by atoms with E-state index < -0.39 is 34.5 Å². The number of non-ortho nitro benzene ring substituents is 1. The van der Waals surface area contributed by atoms with Crippen molar-refractivity contribution in [2.24, 2.45) is 0 Å². The Kier molecular flexibility index (Phi) is 11.4. The molecule has 0 fully saturated rings. The molecular formula is C37H36BrN3O12. The summed E-state index contributed by atoms with van der Waals surface area (Å²) in [7, 11) is 2.71. The Bertz CT molecular complexity index is 2120. The Morgan fingerprint density at radius 2 is 1.74 bits per heavy atom. The zero-order chi connectivity index (χ0) is 38.6. The molecule has 4 aromatic rings. The maximum atomic E-state index is 13.9. The van der Waals surface area contributed by atoms with Crippen molar-refractivity contribution in [3.63, 3.8) is 0 Å². The third kappa shape index (κ3) is 8.60. The summed E-state index contributed by atoms with van der Waals surface area (Å²) in [4.78, 5) is 67.3. The number of rotatable bonds is 11. The molecular weight excluding hydrogens is 758 g/mol. The van der Waals surface area contributed by atoms with Gasteiger partial charge in [-0.1, -0.05) is 22.0 Å². The number of carbonyl (C=O) groups excluding carboxylic acids is 4. The van der Waals surface area contributed by atoms with Crippen molar-refractivity contribution >= 4 is 68.3 Å². The van der Waals surface area contributed by atoms with Gasteiger partial charge in [-0.15, -0.1) is 0 Å². The molecule has 1 aliphatic heterocycles. The predicted molar refractivity (Wildman–Crippen MR) is 196 cm³/mol. The summed E-state index contributed by atoms with van der Waals surface area (Å²) in [5.74, 6) is -1.30. The molecule has 1 amide bonds. The average molecular weight is 795 g/mol. The smallest absolute Gasteiger partial charge is 0.493 e. The molecule has 53 heavy (non-hydrogen) atoms. The van der Waals surface area contributed by atoms with Crippen molar-refractivity contribution in [3.8, 4) is 23.0 Å². The van der Waals surface area contributed by atoms with Gasteiger partial charge in [0.1, 0.15) is 11.4 Å². The van der Waals surface area contributed by atoms with E-state index in [2.05, 4.69) is 20.9 Å². The van der Waals surface area contributed by atoms with E-state index in [-0.39, 0.29) is 47.6 Å². The molecule has 0 spiro atoms. The zero-order valence-electron chi connectivity index (χ0n) is 29.6. The first-order valence-electron chi connectivity index (χ1n) is 16.1. The van der Waals surface area contributed by atoms with Crippen LogP contribution >= 0.6 is 15.9 Å². The van der Waals surface area contributed by atoms with Crippen LogP contribution in [0.15, 0.2) is 54.6 Å². The lowest BCUT2D eigenvalue weighted by atomic mass is 9.95. The lowest BCUT2D eigenvalue weighted by molar-refractivity contribution is -0.384. The van der Waals surface area contributed by atoms with Crippen molar-refractivity contribution in [1.82, 2.24) is 4.98 Å². The summed E-state index contributed by atoms with van der Waals surface area (Å²) in [5, 5.41) is 11.9. The molecule has 0 radical (unpaired) electrons. The van der Waals surface area contributed by atoms with Crippen LogP contribution in [0.25, 0.3) is 17.0 Å². The number of halogens is 1. The number of nitro benzene ring substituents is 1. The number of ether oxygens (including phenoxy) is 6. The number of aromatic amines is 1. The molecule has 1 atom stereocenters. The quantitative estimate of drug-likeness (QED) is 0.0409. The maximum Gasteiger partial charge on any atom is 0.519 e. The number of nitro groups is 1. The van der Waals surface area contributed by atoms with E-state index in [1.165, 1.54) is 55.5 Å². The fourth-order valence-electron chi connectivity index (χ4n) is 5.82. The fourth-order valence-corrected chi connectivity index (χ4v) is 6.35. The predicted octanol–water partition coefficient (Wildman–Crippen LogP) is 7.02. The summed E-state index contributed by atoms with van der Waals surface area (Å²) in [5.41, 5.74) is 1.68. The van der Waals surface area contributed by atoms with E-state index in [4.69, 9.17) is 28.4 Å². The number of methoxy groups -OCH3 is 2. The van der Waals surface area contributed by atoms with Crippen molar-refractivity contribution < 1.29 is 52.5 Å². The normalized spacial score (nSPS) is 13.8. The van der Waals surface area contributed by atoms with Gasteiger partial charge in [0.15, 0.2) is 23.9 Å². The fraction of sp³-hybridized carbons (Fsp3) is 0.297. The second kappa shape index (κ2) is 15.8. The van der Waals surface area contributed by atoms with Gasteiger partial charge in [0, 0.05) is 53.1 Å². The van der Waals surface area contributed by atoms with E-state index in [9.17, 15) is 29.3 Å². The molecule has 5 rings (SSSR count). The molecule has 3 aromatic carbocycles. The van der Waals surface area contributed by atoms with Crippen LogP contribution < -0.4 is 23.8 Å². The largest absolute Gasteiger partial charge is 0.519 e. The van der Waals surface area contributed by atoms with E-state index in [0.717, 1.165) is 0 Å². The van der Waals surface area contributed by atoms with Crippen LogP contribution in [0, 0.1) is 17.0 Å². The second-order valence-electron chi connectivity index (χ2n) is 12.8. The number of H-pyrrole nitrogens is 1. The Hall–Kier alpha value is -5.90. The molecule has 0 bridgehead atoms. The SMILES string of the molecule is COC(=O)c1c(C)[nH]c2c(OC(=O)Oc3ccc([N+](=O)[O-])cc3)cc3c(c12)[C@H](CBr)CN3C(=O)/C=C/c1ccc(OC)c(OCC(=O)OC(C)(C)C)c1. The molecule has 278 valence electrons. The number of esters is 2. The minimum atomic E-state index is -1.16. The van der Waals surface area contributed by atoms with Crippen LogP contribution in [0.1, 0.15) is 53.9 Å². The van der Waals surface area contributed by atoms with Crippen molar-refractivity contribution in [1.29, 1.82) is 0 Å². The number of amides is 1. The first kappa shape index (κ1) is 38.3. The summed E-state index contributed by atoms with van der Waals surface area (Å²) in [6, 6.07) is 11.3. The number of hydrogen-bond acceptors (Lipinski definition) is 12. The zero-order valence-corrected chi connectivity index (χ0v) is 31.2. The topological polar surface area (TPSA) is 186 Å². The Morgan fingerprint density at radius 1 is 1.02 bits per heavy atom. The van der Waals surface area contributed by atoms with Crippen LogP contribution in [0.5, 0.6) is 23.0 Å². The number of carbonyl (C=O) groups is 4. The molecule has 0 unspecified atom stereocenters. The number of nitrogens with zero attached hydrogens (tertiary/aromatic N) is 2. The first-order chi connectivity index (χ1) is 25.1. The van der Waals surface area contributed by atoms with Gasteiger partial charge < -0.3 is 38.3 Å². The standard InChI is InChI=1S/C37H36BrN3O12/c1-20-31(35(44)49-6)33-32-22(17-38)18-40(25(32)16-28(34(33)39-20)52-36(45)51-24-11-9-23(10-12-24)41(46)47)29(42)14-8-21-7-13-26(48-5)27(15-21)50-19-30(43)53-37(2,3)4/h7-16,22,39H,17-19H2,1-6H3/b14-8+/t22-/m1/s1. The van der Waals surface area contributed by atoms with Crippen molar-refractivity contribution in [3.05, 3.63) is 87.1 Å². The molecule has 0 saturated carbocycles. The molecule has 1 aromatic heterocycles. The molecule has 1 N–H and O–H groups in total. The van der Waals surface area contributed by atoms with Gasteiger partial charge in [-0.2, -0.15) is 0 Å². The molecule has 0 saturated heterocycles. The molecule has 2 heterocycles. The lowest BCUT2D eigenvalue weighted by Gasteiger charge is -2.19. The summed E-state index contributed by atoms with van der Waals surface area (Å²) < 4.78 is 32.4. The highest BCUT2D eigenvalue weighted by Gasteiger charge is 2.37. The monoisotopic (exact) mass is 793 g/mol. The minimum Gasteiger partial charge on any atom is -0.493 e. The van der Waals surface area contributed by atoms with Gasteiger partial charge in [0.2, 0.25) is 0 Å². The number of benzene rings is 3. The van der Waals surface area contributed by atoms with Crippen molar-refractivity contribution in [2.75, 3.05) is 37.6 Å². The van der Waals surface area contributed by atoms with Gasteiger partial charge in [-0.05, 0) is 69.2 Å². The lowest BCUT2D eigenvalue weighted by Crippen LogP contribution is -2.28. The van der Waals surface area contributed by atoms with Gasteiger partial charge in [0.25, 0.3) is 11.6 Å². The number of fused-ring (bicyclic) bond motifs is 3. The Labute approximate surface area is 312 Å². The van der Waals surface area contributed by atoms with E-state index in [1.54, 1.807) is 52.0 Å². The van der Waals surface area contributed by atoms with Crippen molar-refractivity contribution in [2.45, 2.75) is 39.2 Å². The van der Waals surface area contributed by atoms with Crippen LogP contribution in [0.3, 0.4) is 0 Å². The highest BCUT2D eigenvalue weighted by atomic mass is 79.9. The van der Waals surface area contributed by atoms with Crippen LogP contribution in [-0.2, 0) is 19.1 Å². The van der Waals surface area contributed by atoms with Gasteiger partial charge in [0.05, 0.1) is 35.9 Å². The molecule has 16 heteroatoms. The third-order valence-electron chi connectivity index (χ3n) is 8.00. The third-order valence-corrected chi connectivity index (χ3v) is 8.79. The highest BCUT2D eigenvalue weighted by Crippen LogP contribution is 2.48. The summed E-state index contributed by atoms with van der Waals surface area (Å²) in [6.07, 6.45) is 1.77. The highest BCUT2D eigenvalue weighted by molar-refractivity contribution is 9.09. The average Bonchev–Trinajstić information content (AvgIpc) is 3.66. The number of alkyl halides is 1. The van der Waals surface area contributed by atoms with Gasteiger partial charge >= 0.3 is 18.1 Å². The summed E-state index contributed by atoms with van der Waals surface area (Å²) in [6.45, 7) is 6.77. The minimum absolute atomic E-state index is 0.00542.